The molecule has 0 heterocycles. The molecule has 0 bridgehead atoms. The number of carbonyl (C=O) groups is 4. The fraction of sp³-hybridized carbons (Fsp3) is 0.269. The van der Waals surface area contributed by atoms with Crippen LogP contribution in [-0.4, -0.2) is 51.4 Å². The zero-order valence-electron chi connectivity index (χ0n) is 33.7. The number of benzene rings is 6. The van der Waals surface area contributed by atoms with E-state index in [1.54, 1.807) is 30.3 Å². The largest absolute Gasteiger partial charge is 0.508 e. The maximum absolute atomic E-state index is 14.2. The lowest BCUT2D eigenvalue weighted by Gasteiger charge is -2.49. The maximum atomic E-state index is 14.2. The number of rotatable bonds is 12. The lowest BCUT2D eigenvalue weighted by molar-refractivity contribution is -0.170. The molecule has 9 rings (SSSR count). The van der Waals surface area contributed by atoms with Gasteiger partial charge in [0, 0.05) is 29.1 Å². The molecule has 314 valence electrons. The SMILES string of the molecule is O=C(O)[C@H]1[C@@H](c2ccc(O)cc2)[C@H](C(=O)Oc2cccc3ccccc23)[C@@H]1c1ccc(OC2CCC(OC(=O)[C@H]3[C@H](c4ccccc4)[C@H](C(=O)O)[C@H]3c3ccccc3)CC2)cc1. The number of hydrogen-bond donors (Lipinski definition) is 3. The Bertz CT molecular complexity index is 2510. The highest BCUT2D eigenvalue weighted by Crippen LogP contribution is 2.59. The topological polar surface area (TPSA) is 157 Å². The van der Waals surface area contributed by atoms with Crippen molar-refractivity contribution in [1.82, 2.24) is 0 Å². The van der Waals surface area contributed by atoms with E-state index in [1.807, 2.05) is 109 Å². The van der Waals surface area contributed by atoms with E-state index >= 15 is 0 Å². The molecule has 3 fully saturated rings. The first kappa shape index (κ1) is 40.5. The van der Waals surface area contributed by atoms with Crippen LogP contribution in [0.3, 0.4) is 0 Å². The van der Waals surface area contributed by atoms with Crippen LogP contribution in [0.25, 0.3) is 10.8 Å². The highest BCUT2D eigenvalue weighted by Gasteiger charge is 2.60. The molecular weight excluding hydrogens is 785 g/mol. The molecule has 62 heavy (non-hydrogen) atoms. The molecule has 6 aromatic carbocycles. The number of hydrogen-bond acceptors (Lipinski definition) is 8. The second-order valence-electron chi connectivity index (χ2n) is 16.7. The number of esters is 2. The molecule has 0 radical (unpaired) electrons. The molecule has 3 N–H and O–H groups in total. The van der Waals surface area contributed by atoms with Crippen molar-refractivity contribution in [2.24, 2.45) is 23.7 Å². The molecule has 3 saturated carbocycles. The molecule has 0 saturated heterocycles. The fourth-order valence-electron chi connectivity index (χ4n) is 10.3. The van der Waals surface area contributed by atoms with E-state index in [4.69, 9.17) is 14.2 Å². The van der Waals surface area contributed by atoms with Crippen LogP contribution in [0.15, 0.2) is 152 Å². The summed E-state index contributed by atoms with van der Waals surface area (Å²) in [6.45, 7) is 0. The summed E-state index contributed by atoms with van der Waals surface area (Å²) in [6, 6.07) is 45.2. The second-order valence-corrected chi connectivity index (χ2v) is 16.7. The van der Waals surface area contributed by atoms with Crippen molar-refractivity contribution in [2.75, 3.05) is 0 Å². The molecule has 10 heteroatoms. The minimum Gasteiger partial charge on any atom is -0.508 e. The molecule has 3 aliphatic rings. The number of aromatic hydroxyl groups is 1. The van der Waals surface area contributed by atoms with E-state index < -0.39 is 65.3 Å². The monoisotopic (exact) mass is 830 g/mol. The molecule has 10 nitrogen and oxygen atoms in total. The number of fused-ring (bicyclic) bond motifs is 1. The van der Waals surface area contributed by atoms with Gasteiger partial charge in [-0.25, -0.2) is 0 Å². The lowest BCUT2D eigenvalue weighted by Crippen LogP contribution is -2.52. The number of phenols is 1. The first-order valence-electron chi connectivity index (χ1n) is 21.2. The van der Waals surface area contributed by atoms with Crippen molar-refractivity contribution in [2.45, 2.75) is 61.6 Å². The molecule has 3 aliphatic carbocycles. The quantitative estimate of drug-likeness (QED) is 0.0802. The van der Waals surface area contributed by atoms with E-state index in [9.17, 15) is 34.5 Å². The predicted molar refractivity (Wildman–Crippen MR) is 230 cm³/mol. The summed E-state index contributed by atoms with van der Waals surface area (Å²) in [6.07, 6.45) is 1.94. The summed E-state index contributed by atoms with van der Waals surface area (Å²) in [4.78, 5) is 53.7. The third-order valence-electron chi connectivity index (χ3n) is 13.3. The van der Waals surface area contributed by atoms with Crippen LogP contribution in [-0.2, 0) is 23.9 Å². The second kappa shape index (κ2) is 17.2. The van der Waals surface area contributed by atoms with Crippen molar-refractivity contribution in [3.8, 4) is 17.2 Å². The normalized spacial score (nSPS) is 26.6. The summed E-state index contributed by atoms with van der Waals surface area (Å²) in [7, 11) is 0. The highest BCUT2D eigenvalue weighted by molar-refractivity contribution is 5.92. The van der Waals surface area contributed by atoms with Gasteiger partial charge in [0.05, 0.1) is 29.8 Å². The Balaban J connectivity index is 0.876. The number of carbonyl (C=O) groups excluding carboxylic acids is 2. The van der Waals surface area contributed by atoms with Crippen molar-refractivity contribution < 1.29 is 48.7 Å². The highest BCUT2D eigenvalue weighted by atomic mass is 16.5. The molecule has 0 amide bonds. The Morgan fingerprint density at radius 1 is 0.452 bits per heavy atom. The van der Waals surface area contributed by atoms with Gasteiger partial charge in [-0.3, -0.25) is 19.2 Å². The number of carboxylic acid groups (broad SMARTS) is 2. The average molecular weight is 831 g/mol. The van der Waals surface area contributed by atoms with E-state index in [2.05, 4.69) is 0 Å². The van der Waals surface area contributed by atoms with Crippen molar-refractivity contribution in [1.29, 1.82) is 0 Å². The van der Waals surface area contributed by atoms with Gasteiger partial charge >= 0.3 is 23.9 Å². The van der Waals surface area contributed by atoms with Crippen LogP contribution in [0, 0.1) is 23.7 Å². The Labute approximate surface area is 358 Å². The van der Waals surface area contributed by atoms with Crippen LogP contribution in [0.4, 0.5) is 0 Å². The van der Waals surface area contributed by atoms with Gasteiger partial charge in [0.2, 0.25) is 0 Å². The van der Waals surface area contributed by atoms with Crippen molar-refractivity contribution >= 4 is 34.6 Å². The van der Waals surface area contributed by atoms with Crippen molar-refractivity contribution in [3.63, 3.8) is 0 Å². The van der Waals surface area contributed by atoms with Gasteiger partial charge < -0.3 is 29.5 Å². The predicted octanol–water partition coefficient (Wildman–Crippen LogP) is 9.48. The number of aliphatic carboxylic acids is 2. The average Bonchev–Trinajstić information content (AvgIpc) is 3.25. The van der Waals surface area contributed by atoms with Crippen LogP contribution < -0.4 is 9.47 Å². The summed E-state index contributed by atoms with van der Waals surface area (Å²) in [5, 5.41) is 32.5. The van der Waals surface area contributed by atoms with Crippen LogP contribution in [0.2, 0.25) is 0 Å². The smallest absolute Gasteiger partial charge is 0.315 e. The van der Waals surface area contributed by atoms with E-state index in [1.165, 1.54) is 12.1 Å². The molecule has 6 atom stereocenters. The van der Waals surface area contributed by atoms with Crippen LogP contribution in [0.5, 0.6) is 17.2 Å². The summed E-state index contributed by atoms with van der Waals surface area (Å²) >= 11 is 0. The van der Waals surface area contributed by atoms with Crippen LogP contribution >= 0.6 is 0 Å². The van der Waals surface area contributed by atoms with E-state index in [0.717, 1.165) is 21.9 Å². The van der Waals surface area contributed by atoms with Gasteiger partial charge in [-0.05, 0) is 83.7 Å². The van der Waals surface area contributed by atoms with Gasteiger partial charge in [-0.2, -0.15) is 0 Å². The zero-order chi connectivity index (χ0) is 42.9. The summed E-state index contributed by atoms with van der Waals surface area (Å²) in [5.74, 6) is -7.44. The first-order valence-corrected chi connectivity index (χ1v) is 21.2. The minimum absolute atomic E-state index is 0.0368. The van der Waals surface area contributed by atoms with Crippen molar-refractivity contribution in [3.05, 3.63) is 174 Å². The summed E-state index contributed by atoms with van der Waals surface area (Å²) in [5.41, 5.74) is 2.90. The minimum atomic E-state index is -1.04. The van der Waals surface area contributed by atoms with Gasteiger partial charge in [-0.15, -0.1) is 0 Å². The van der Waals surface area contributed by atoms with Gasteiger partial charge in [0.25, 0.3) is 0 Å². The lowest BCUT2D eigenvalue weighted by atomic mass is 9.52. The fourth-order valence-corrected chi connectivity index (χ4v) is 10.3. The Morgan fingerprint density at radius 3 is 1.45 bits per heavy atom. The van der Waals surface area contributed by atoms with Gasteiger partial charge in [0.15, 0.2) is 0 Å². The van der Waals surface area contributed by atoms with E-state index in [0.29, 0.717) is 48.3 Å². The molecular formula is C52H46O10. The number of ether oxygens (including phenoxy) is 3. The molecule has 0 unspecified atom stereocenters. The maximum Gasteiger partial charge on any atom is 0.315 e. The standard InChI is InChI=1S/C52H46O10/c53-35-22-18-33(19-23-35)43-46(50(56)57)44(48(43)52(59)62-40-17-9-15-30-10-7-8-16-39(30)40)34-20-24-36(25-21-34)60-37-26-28-38(29-27-37)61-51(58)47-41(31-11-3-1-4-12-31)45(49(54)55)42(47)32-13-5-2-6-14-32/h1-25,37-38,41-48,53H,26-29H2,(H,54,55)(H,56,57)/t37?,38?,41-,42-,43-,44-,45-,46+,47-,48+/m1/s1. The Morgan fingerprint density at radius 2 is 0.903 bits per heavy atom. The van der Waals surface area contributed by atoms with Gasteiger partial charge in [0.1, 0.15) is 23.4 Å². The summed E-state index contributed by atoms with van der Waals surface area (Å²) < 4.78 is 18.6. The number of phenolic OH excluding ortho intramolecular Hbond substituents is 1. The third kappa shape index (κ3) is 7.77. The molecule has 6 aromatic rings. The first-order chi connectivity index (χ1) is 30.2. The third-order valence-corrected chi connectivity index (χ3v) is 13.3. The zero-order valence-corrected chi connectivity index (χ0v) is 33.7. The molecule has 0 aliphatic heterocycles. The van der Waals surface area contributed by atoms with E-state index in [-0.39, 0.29) is 23.9 Å². The van der Waals surface area contributed by atoms with Crippen LogP contribution in [0.1, 0.15) is 71.6 Å². The molecule has 0 spiro atoms. The number of carboxylic acids is 2. The van der Waals surface area contributed by atoms with Gasteiger partial charge in [-0.1, -0.05) is 121 Å². The Kier molecular flexibility index (Phi) is 11.2. The molecule has 0 aromatic heterocycles. The Hall–Kier alpha value is -6.94.